The quantitative estimate of drug-likeness (QED) is 0.855. The van der Waals surface area contributed by atoms with Crippen LogP contribution in [0.1, 0.15) is 25.0 Å². The summed E-state index contributed by atoms with van der Waals surface area (Å²) >= 11 is 0. The fourth-order valence-electron chi connectivity index (χ4n) is 2.41. The maximum absolute atomic E-state index is 5.85. The van der Waals surface area contributed by atoms with Gasteiger partial charge in [0.25, 0.3) is 0 Å². The molecule has 19 heavy (non-hydrogen) atoms. The van der Waals surface area contributed by atoms with Gasteiger partial charge in [-0.15, -0.1) is 10.2 Å². The number of fused-ring (bicyclic) bond motifs is 1. The monoisotopic (exact) mass is 258 g/mol. The van der Waals surface area contributed by atoms with Gasteiger partial charge in [0.1, 0.15) is 18.2 Å². The Labute approximate surface area is 112 Å². The van der Waals surface area contributed by atoms with Crippen LogP contribution in [0, 0.1) is 5.92 Å². The van der Waals surface area contributed by atoms with Gasteiger partial charge in [-0.1, -0.05) is 19.1 Å². The van der Waals surface area contributed by atoms with Gasteiger partial charge in [0, 0.05) is 13.0 Å². The summed E-state index contributed by atoms with van der Waals surface area (Å²) < 4.78 is 7.89. The highest BCUT2D eigenvalue weighted by Gasteiger charge is 2.20. The Kier molecular flexibility index (Phi) is 3.11. The van der Waals surface area contributed by atoms with Crippen LogP contribution in [-0.4, -0.2) is 14.8 Å². The summed E-state index contributed by atoms with van der Waals surface area (Å²) in [6, 6.07) is 7.50. The second kappa shape index (κ2) is 4.91. The second-order valence-corrected chi connectivity index (χ2v) is 5.11. The van der Waals surface area contributed by atoms with Crippen LogP contribution in [0.25, 0.3) is 0 Å². The van der Waals surface area contributed by atoms with Crippen LogP contribution in [0.4, 0.5) is 5.69 Å². The number of anilines is 1. The summed E-state index contributed by atoms with van der Waals surface area (Å²) in [6.07, 6.45) is 2.17. The van der Waals surface area contributed by atoms with E-state index in [1.807, 2.05) is 24.3 Å². The highest BCUT2D eigenvalue weighted by atomic mass is 16.5. The fraction of sp³-hybridized carbons (Fsp3) is 0.429. The van der Waals surface area contributed by atoms with E-state index in [0.717, 1.165) is 24.6 Å². The Hall–Kier alpha value is -2.04. The van der Waals surface area contributed by atoms with Crippen molar-refractivity contribution in [2.75, 3.05) is 5.73 Å². The van der Waals surface area contributed by atoms with E-state index in [9.17, 15) is 0 Å². The molecule has 1 atom stereocenters. The molecule has 0 saturated heterocycles. The van der Waals surface area contributed by atoms with E-state index in [-0.39, 0.29) is 0 Å². The molecule has 0 amide bonds. The number of hydrogen-bond acceptors (Lipinski definition) is 4. The average Bonchev–Trinajstić information content (AvgIpc) is 2.80. The summed E-state index contributed by atoms with van der Waals surface area (Å²) in [5.41, 5.74) is 6.50. The van der Waals surface area contributed by atoms with Gasteiger partial charge in [-0.3, -0.25) is 0 Å². The van der Waals surface area contributed by atoms with Gasteiger partial charge in [0.2, 0.25) is 0 Å². The van der Waals surface area contributed by atoms with Crippen molar-refractivity contribution in [2.24, 2.45) is 5.92 Å². The minimum Gasteiger partial charge on any atom is -0.483 e. The second-order valence-electron chi connectivity index (χ2n) is 5.11. The normalized spacial score (nSPS) is 18.1. The first-order valence-electron chi connectivity index (χ1n) is 6.62. The largest absolute Gasteiger partial charge is 0.483 e. The zero-order valence-electron chi connectivity index (χ0n) is 11.0. The van der Waals surface area contributed by atoms with Gasteiger partial charge < -0.3 is 15.0 Å². The van der Waals surface area contributed by atoms with Crippen molar-refractivity contribution < 1.29 is 4.74 Å². The third-order valence-corrected chi connectivity index (χ3v) is 3.56. The first-order valence-corrected chi connectivity index (χ1v) is 6.62. The molecule has 1 aromatic heterocycles. The Morgan fingerprint density at radius 2 is 2.21 bits per heavy atom. The van der Waals surface area contributed by atoms with Gasteiger partial charge in [0.05, 0.1) is 5.69 Å². The molecule has 1 aliphatic heterocycles. The number of nitrogen functional groups attached to an aromatic ring is 1. The summed E-state index contributed by atoms with van der Waals surface area (Å²) in [5, 5.41) is 8.47. The van der Waals surface area contributed by atoms with Crippen LogP contribution in [-0.2, 0) is 19.6 Å². The molecular weight excluding hydrogens is 240 g/mol. The van der Waals surface area contributed by atoms with Crippen molar-refractivity contribution in [1.29, 1.82) is 0 Å². The van der Waals surface area contributed by atoms with Crippen LogP contribution in [0.5, 0.6) is 5.75 Å². The molecular formula is C14H18N4O. The van der Waals surface area contributed by atoms with E-state index in [0.29, 0.717) is 24.0 Å². The lowest BCUT2D eigenvalue weighted by molar-refractivity contribution is 0.284. The van der Waals surface area contributed by atoms with E-state index in [4.69, 9.17) is 10.5 Å². The Morgan fingerprint density at radius 1 is 1.37 bits per heavy atom. The Balaban J connectivity index is 1.73. The molecule has 2 aromatic rings. The highest BCUT2D eigenvalue weighted by Crippen LogP contribution is 2.23. The molecule has 2 heterocycles. The topological polar surface area (TPSA) is 66.0 Å². The van der Waals surface area contributed by atoms with Crippen LogP contribution >= 0.6 is 0 Å². The number of nitrogens with zero attached hydrogens (tertiary/aromatic N) is 3. The first kappa shape index (κ1) is 12.0. The van der Waals surface area contributed by atoms with E-state index < -0.39 is 0 Å². The van der Waals surface area contributed by atoms with Gasteiger partial charge in [-0.2, -0.15) is 0 Å². The van der Waals surface area contributed by atoms with Gasteiger partial charge >= 0.3 is 0 Å². The van der Waals surface area contributed by atoms with E-state index >= 15 is 0 Å². The molecule has 5 heteroatoms. The minimum atomic E-state index is 0.412. The van der Waals surface area contributed by atoms with E-state index in [1.54, 1.807) is 0 Å². The molecule has 0 radical (unpaired) electrons. The van der Waals surface area contributed by atoms with Crippen molar-refractivity contribution in [3.05, 3.63) is 35.9 Å². The van der Waals surface area contributed by atoms with Crippen molar-refractivity contribution in [2.45, 2.75) is 32.9 Å². The molecule has 1 aliphatic rings. The third kappa shape index (κ3) is 2.41. The number of nitrogens with two attached hydrogens (primary N) is 1. The lowest BCUT2D eigenvalue weighted by Crippen LogP contribution is -2.19. The van der Waals surface area contributed by atoms with Crippen LogP contribution in [0.3, 0.4) is 0 Å². The average molecular weight is 258 g/mol. The maximum atomic E-state index is 5.85. The predicted molar refractivity (Wildman–Crippen MR) is 72.7 cm³/mol. The standard InChI is InChI=1S/C14H18N4O/c1-10-6-7-18-13(8-10)16-17-14(18)9-19-12-5-3-2-4-11(12)15/h2-5,10H,6-9,15H2,1H3. The maximum Gasteiger partial charge on any atom is 0.171 e. The smallest absolute Gasteiger partial charge is 0.171 e. The number of aromatic nitrogens is 3. The molecule has 100 valence electrons. The molecule has 0 aliphatic carbocycles. The molecule has 0 fully saturated rings. The summed E-state index contributed by atoms with van der Waals surface area (Å²) in [5.74, 6) is 3.34. The molecule has 0 bridgehead atoms. The fourth-order valence-corrected chi connectivity index (χ4v) is 2.41. The summed E-state index contributed by atoms with van der Waals surface area (Å²) in [4.78, 5) is 0. The van der Waals surface area contributed by atoms with E-state index in [1.165, 1.54) is 6.42 Å². The zero-order chi connectivity index (χ0) is 13.2. The van der Waals surface area contributed by atoms with Gasteiger partial charge in [-0.05, 0) is 24.5 Å². The SMILES string of the molecule is CC1CCn2c(COc3ccccc3N)nnc2C1. The molecule has 2 N–H and O–H groups in total. The molecule has 1 aromatic carbocycles. The number of ether oxygens (including phenoxy) is 1. The lowest BCUT2D eigenvalue weighted by Gasteiger charge is -2.20. The number of rotatable bonds is 3. The lowest BCUT2D eigenvalue weighted by atomic mass is 10.0. The Bertz CT molecular complexity index is 579. The van der Waals surface area contributed by atoms with Crippen LogP contribution in [0.15, 0.2) is 24.3 Å². The van der Waals surface area contributed by atoms with Crippen molar-refractivity contribution in [1.82, 2.24) is 14.8 Å². The Morgan fingerprint density at radius 3 is 3.05 bits per heavy atom. The highest BCUT2D eigenvalue weighted by molar-refractivity contribution is 5.51. The van der Waals surface area contributed by atoms with Crippen molar-refractivity contribution in [3.63, 3.8) is 0 Å². The number of hydrogen-bond donors (Lipinski definition) is 1. The van der Waals surface area contributed by atoms with Crippen LogP contribution < -0.4 is 10.5 Å². The molecule has 3 rings (SSSR count). The number of para-hydroxylation sites is 2. The molecule has 0 saturated carbocycles. The minimum absolute atomic E-state index is 0.412. The summed E-state index contributed by atoms with van der Waals surface area (Å²) in [6.45, 7) is 3.64. The zero-order valence-corrected chi connectivity index (χ0v) is 11.0. The third-order valence-electron chi connectivity index (χ3n) is 3.56. The first-order chi connectivity index (χ1) is 9.24. The van der Waals surface area contributed by atoms with Gasteiger partial charge in [-0.25, -0.2) is 0 Å². The summed E-state index contributed by atoms with van der Waals surface area (Å²) in [7, 11) is 0. The molecule has 1 unspecified atom stereocenters. The van der Waals surface area contributed by atoms with E-state index in [2.05, 4.69) is 21.7 Å². The van der Waals surface area contributed by atoms with Gasteiger partial charge in [0.15, 0.2) is 5.82 Å². The number of benzene rings is 1. The molecule has 5 nitrogen and oxygen atoms in total. The van der Waals surface area contributed by atoms with Crippen molar-refractivity contribution in [3.8, 4) is 5.75 Å². The molecule has 0 spiro atoms. The predicted octanol–water partition coefficient (Wildman–Crippen LogP) is 2.02. The van der Waals surface area contributed by atoms with Crippen molar-refractivity contribution >= 4 is 5.69 Å². The van der Waals surface area contributed by atoms with Crippen LogP contribution in [0.2, 0.25) is 0 Å².